The summed E-state index contributed by atoms with van der Waals surface area (Å²) in [6.45, 7) is 1.64. The Morgan fingerprint density at radius 3 is 3.12 bits per heavy atom. The molecular weight excluding hydrogens is 223 g/mol. The second kappa shape index (κ2) is 5.14. The lowest BCUT2D eigenvalue weighted by Gasteiger charge is -2.19. The lowest BCUT2D eigenvalue weighted by atomic mass is 10.2. The third-order valence-electron chi connectivity index (χ3n) is 2.71. The topological polar surface area (TPSA) is 55.6 Å². The van der Waals surface area contributed by atoms with Crippen LogP contribution in [0.2, 0.25) is 0 Å². The maximum Gasteiger partial charge on any atom is 0.224 e. The summed E-state index contributed by atoms with van der Waals surface area (Å²) >= 11 is 0. The molecule has 0 aromatic heterocycles. The van der Waals surface area contributed by atoms with E-state index in [0.717, 1.165) is 0 Å². The van der Waals surface area contributed by atoms with Crippen molar-refractivity contribution in [3.05, 3.63) is 29.6 Å². The zero-order chi connectivity index (χ0) is 12.3. The Kier molecular flexibility index (Phi) is 3.58. The predicted octanol–water partition coefficient (Wildman–Crippen LogP) is 0.895. The summed E-state index contributed by atoms with van der Waals surface area (Å²) in [5.74, 6) is 0.308. The van der Waals surface area contributed by atoms with Crippen LogP contribution in [0.15, 0.2) is 18.2 Å². The van der Waals surface area contributed by atoms with Crippen molar-refractivity contribution in [3.63, 3.8) is 0 Å². The zero-order valence-corrected chi connectivity index (χ0v) is 9.49. The number of fused-ring (bicyclic) bond motifs is 1. The minimum atomic E-state index is -0.319. The fraction of sp³-hybridized carbons (Fsp3) is 0.417. The van der Waals surface area contributed by atoms with Gasteiger partial charge in [0, 0.05) is 25.1 Å². The molecule has 4 nitrogen and oxygen atoms in total. The molecule has 1 aromatic rings. The average molecular weight is 238 g/mol. The Morgan fingerprint density at radius 2 is 2.35 bits per heavy atom. The van der Waals surface area contributed by atoms with Crippen LogP contribution in [0.25, 0.3) is 0 Å². The number of nitrogens with two attached hydrogens (primary N) is 1. The summed E-state index contributed by atoms with van der Waals surface area (Å²) < 4.78 is 18.6. The Balaban J connectivity index is 2.18. The Hall–Kier alpha value is -1.62. The van der Waals surface area contributed by atoms with Crippen LogP contribution < -0.4 is 10.5 Å². The standard InChI is InChI=1S/C12H15FN2O2/c13-10-1-2-11-9(7-10)8-15(5-6-17-11)12(16)3-4-14/h1-2,7H,3-6,8,14H2. The molecule has 0 bridgehead atoms. The van der Waals surface area contributed by atoms with Crippen molar-refractivity contribution in [1.29, 1.82) is 0 Å². The molecular formula is C12H15FN2O2. The van der Waals surface area contributed by atoms with E-state index in [1.54, 1.807) is 11.0 Å². The van der Waals surface area contributed by atoms with Crippen LogP contribution in [0.1, 0.15) is 12.0 Å². The summed E-state index contributed by atoms with van der Waals surface area (Å²) in [6.07, 6.45) is 0.310. The van der Waals surface area contributed by atoms with E-state index in [-0.39, 0.29) is 11.7 Å². The molecule has 1 aliphatic heterocycles. The summed E-state index contributed by atoms with van der Waals surface area (Å²) in [6, 6.07) is 4.36. The summed E-state index contributed by atoms with van der Waals surface area (Å²) in [7, 11) is 0. The van der Waals surface area contributed by atoms with E-state index in [0.29, 0.717) is 44.0 Å². The van der Waals surface area contributed by atoms with Gasteiger partial charge in [-0.15, -0.1) is 0 Å². The van der Waals surface area contributed by atoms with Crippen molar-refractivity contribution in [2.75, 3.05) is 19.7 Å². The number of halogens is 1. The van der Waals surface area contributed by atoms with E-state index in [2.05, 4.69) is 0 Å². The molecule has 0 saturated carbocycles. The highest BCUT2D eigenvalue weighted by molar-refractivity contribution is 5.76. The van der Waals surface area contributed by atoms with E-state index in [1.807, 2.05) is 0 Å². The van der Waals surface area contributed by atoms with Gasteiger partial charge in [0.05, 0.1) is 6.54 Å². The first-order chi connectivity index (χ1) is 8.20. The maximum absolute atomic E-state index is 13.1. The van der Waals surface area contributed by atoms with Crippen molar-refractivity contribution in [1.82, 2.24) is 4.90 Å². The van der Waals surface area contributed by atoms with Crippen molar-refractivity contribution < 1.29 is 13.9 Å². The monoisotopic (exact) mass is 238 g/mol. The maximum atomic E-state index is 13.1. The minimum absolute atomic E-state index is 0.0202. The average Bonchev–Trinajstić information content (AvgIpc) is 2.50. The molecule has 0 radical (unpaired) electrons. The van der Waals surface area contributed by atoms with Crippen molar-refractivity contribution in [2.45, 2.75) is 13.0 Å². The molecule has 1 aliphatic rings. The first-order valence-corrected chi connectivity index (χ1v) is 5.60. The van der Waals surface area contributed by atoms with Crippen LogP contribution in [-0.2, 0) is 11.3 Å². The highest BCUT2D eigenvalue weighted by Gasteiger charge is 2.19. The molecule has 0 fully saturated rings. The third kappa shape index (κ3) is 2.74. The molecule has 1 aromatic carbocycles. The third-order valence-corrected chi connectivity index (χ3v) is 2.71. The number of hydrogen-bond donors (Lipinski definition) is 1. The molecule has 0 saturated heterocycles. The van der Waals surface area contributed by atoms with Crippen molar-refractivity contribution in [2.24, 2.45) is 5.73 Å². The van der Waals surface area contributed by atoms with Gasteiger partial charge in [0.15, 0.2) is 0 Å². The van der Waals surface area contributed by atoms with Gasteiger partial charge < -0.3 is 15.4 Å². The molecule has 2 rings (SSSR count). The number of amides is 1. The molecule has 2 N–H and O–H groups in total. The molecule has 1 amide bonds. The van der Waals surface area contributed by atoms with Crippen LogP contribution in [0.3, 0.4) is 0 Å². The Bertz CT molecular complexity index is 423. The van der Waals surface area contributed by atoms with Crippen LogP contribution in [0, 0.1) is 5.82 Å². The number of rotatable bonds is 2. The number of hydrogen-bond acceptors (Lipinski definition) is 3. The molecule has 0 spiro atoms. The molecule has 0 aliphatic carbocycles. The van der Waals surface area contributed by atoms with E-state index in [4.69, 9.17) is 10.5 Å². The van der Waals surface area contributed by atoms with E-state index in [9.17, 15) is 9.18 Å². The van der Waals surface area contributed by atoms with Gasteiger partial charge in [0.25, 0.3) is 0 Å². The normalized spacial score (nSPS) is 14.8. The van der Waals surface area contributed by atoms with Crippen molar-refractivity contribution >= 4 is 5.91 Å². The summed E-state index contributed by atoms with van der Waals surface area (Å²) in [5, 5.41) is 0. The number of carbonyl (C=O) groups excluding carboxylic acids is 1. The molecule has 1 heterocycles. The molecule has 0 atom stereocenters. The lowest BCUT2D eigenvalue weighted by Crippen LogP contribution is -2.33. The quantitative estimate of drug-likeness (QED) is 0.832. The predicted molar refractivity (Wildman–Crippen MR) is 61.0 cm³/mol. The SMILES string of the molecule is NCCC(=O)N1CCOc2ccc(F)cc2C1. The van der Waals surface area contributed by atoms with Gasteiger partial charge in [-0.1, -0.05) is 0 Å². The van der Waals surface area contributed by atoms with Gasteiger partial charge in [-0.3, -0.25) is 4.79 Å². The van der Waals surface area contributed by atoms with Crippen LogP contribution in [-0.4, -0.2) is 30.5 Å². The van der Waals surface area contributed by atoms with Gasteiger partial charge in [0.1, 0.15) is 18.2 Å². The largest absolute Gasteiger partial charge is 0.491 e. The van der Waals surface area contributed by atoms with Gasteiger partial charge in [-0.05, 0) is 18.2 Å². The van der Waals surface area contributed by atoms with Crippen LogP contribution in [0.4, 0.5) is 4.39 Å². The summed E-state index contributed by atoms with van der Waals surface area (Å²) in [5.41, 5.74) is 6.06. The van der Waals surface area contributed by atoms with Gasteiger partial charge >= 0.3 is 0 Å². The fourth-order valence-corrected chi connectivity index (χ4v) is 1.86. The van der Waals surface area contributed by atoms with Gasteiger partial charge in [-0.2, -0.15) is 0 Å². The zero-order valence-electron chi connectivity index (χ0n) is 9.49. The first-order valence-electron chi connectivity index (χ1n) is 5.60. The van der Waals surface area contributed by atoms with E-state index < -0.39 is 0 Å². The molecule has 17 heavy (non-hydrogen) atoms. The molecule has 5 heteroatoms. The number of benzene rings is 1. The number of carbonyl (C=O) groups is 1. The smallest absolute Gasteiger partial charge is 0.224 e. The van der Waals surface area contributed by atoms with Crippen LogP contribution >= 0.6 is 0 Å². The second-order valence-electron chi connectivity index (χ2n) is 3.95. The molecule has 0 unspecified atom stereocenters. The fourth-order valence-electron chi connectivity index (χ4n) is 1.86. The Labute approximate surface area is 99.2 Å². The molecule has 92 valence electrons. The number of nitrogens with zero attached hydrogens (tertiary/aromatic N) is 1. The number of ether oxygens (including phenoxy) is 1. The van der Waals surface area contributed by atoms with Gasteiger partial charge in [0.2, 0.25) is 5.91 Å². The second-order valence-corrected chi connectivity index (χ2v) is 3.95. The minimum Gasteiger partial charge on any atom is -0.491 e. The van der Waals surface area contributed by atoms with E-state index in [1.165, 1.54) is 12.1 Å². The van der Waals surface area contributed by atoms with Gasteiger partial charge in [-0.25, -0.2) is 4.39 Å². The highest BCUT2D eigenvalue weighted by atomic mass is 19.1. The van der Waals surface area contributed by atoms with Crippen molar-refractivity contribution in [3.8, 4) is 5.75 Å². The van der Waals surface area contributed by atoms with Crippen LogP contribution in [0.5, 0.6) is 5.75 Å². The lowest BCUT2D eigenvalue weighted by molar-refractivity contribution is -0.131. The summed E-state index contributed by atoms with van der Waals surface area (Å²) in [4.78, 5) is 13.4. The Morgan fingerprint density at radius 1 is 1.53 bits per heavy atom. The highest BCUT2D eigenvalue weighted by Crippen LogP contribution is 2.24. The first kappa shape index (κ1) is 11.9. The van der Waals surface area contributed by atoms with E-state index >= 15 is 0 Å².